The van der Waals surface area contributed by atoms with Gasteiger partial charge in [-0.2, -0.15) is 0 Å². The first-order valence-corrected chi connectivity index (χ1v) is 11.1. The summed E-state index contributed by atoms with van der Waals surface area (Å²) in [5, 5.41) is 10.2. The van der Waals surface area contributed by atoms with Crippen molar-refractivity contribution >= 4 is 28.5 Å². The molecule has 1 N–H and O–H groups in total. The fraction of sp³-hybridized carbons (Fsp3) is 0.632. The number of hydrogen-bond donors (Lipinski definition) is 1. The number of benzene rings is 1. The van der Waals surface area contributed by atoms with Crippen LogP contribution >= 0.6 is 0 Å². The molecule has 7 nitrogen and oxygen atoms in total. The average Bonchev–Trinajstić information content (AvgIpc) is 2.90. The summed E-state index contributed by atoms with van der Waals surface area (Å²) in [6, 6.07) is 4.79. The van der Waals surface area contributed by atoms with E-state index >= 15 is 0 Å². The summed E-state index contributed by atoms with van der Waals surface area (Å²) in [5.41, 5.74) is 0.969. The van der Waals surface area contributed by atoms with Crippen molar-refractivity contribution in [3.8, 4) is 0 Å². The minimum Gasteiger partial charge on any atom is -0.616 e. The van der Waals surface area contributed by atoms with Crippen LogP contribution in [0.2, 0.25) is 0 Å². The summed E-state index contributed by atoms with van der Waals surface area (Å²) in [5.74, 6) is 0.499. The molecule has 0 aliphatic carbocycles. The van der Waals surface area contributed by atoms with Gasteiger partial charge in [-0.15, -0.1) is 0 Å². The minimum absolute atomic E-state index is 0.0534. The number of carbonyl (C=O) groups is 1. The highest BCUT2D eigenvalue weighted by molar-refractivity contribution is 7.91. The predicted octanol–water partition coefficient (Wildman–Crippen LogP) is 1.61. The third kappa shape index (κ3) is 5.28. The van der Waals surface area contributed by atoms with Gasteiger partial charge in [0.15, 0.2) is 0 Å². The third-order valence-electron chi connectivity index (χ3n) is 4.86. The van der Waals surface area contributed by atoms with E-state index in [2.05, 4.69) is 0 Å². The van der Waals surface area contributed by atoms with Crippen molar-refractivity contribution in [3.63, 3.8) is 0 Å². The van der Waals surface area contributed by atoms with Gasteiger partial charge in [-0.3, -0.25) is 4.79 Å². The number of ether oxygens (including phenoxy) is 2. The van der Waals surface area contributed by atoms with E-state index in [-0.39, 0.29) is 12.6 Å². The summed E-state index contributed by atoms with van der Waals surface area (Å²) in [7, 11) is 0. The minimum atomic E-state index is -1.22. The number of hydrogen-bond acceptors (Lipinski definition) is 7. The normalized spacial score (nSPS) is 25.6. The summed E-state index contributed by atoms with van der Waals surface area (Å²) in [6.07, 6.45) is 0.123. The molecule has 1 aromatic carbocycles. The molecule has 3 rings (SSSR count). The number of anilines is 2. The molecule has 2 saturated heterocycles. The van der Waals surface area contributed by atoms with E-state index in [1.54, 1.807) is 12.1 Å². The molecule has 1 aromatic rings. The SMILES string of the molecule is CCCC(=O)OC[C@H]1CN(c2ccc(N3CCC[S+]([O-])CC3)c(F)c2)C(O)O1. The molecule has 2 aliphatic heterocycles. The van der Waals surface area contributed by atoms with E-state index in [9.17, 15) is 18.8 Å². The monoisotopic (exact) mass is 414 g/mol. The van der Waals surface area contributed by atoms with Gasteiger partial charge in [0.2, 0.25) is 6.41 Å². The predicted molar refractivity (Wildman–Crippen MR) is 105 cm³/mol. The molecule has 2 fully saturated rings. The number of carbonyl (C=O) groups excluding carboxylic acids is 1. The van der Waals surface area contributed by atoms with E-state index in [1.807, 2.05) is 11.8 Å². The largest absolute Gasteiger partial charge is 0.616 e. The molecule has 0 radical (unpaired) electrons. The number of rotatable bonds is 6. The first-order chi connectivity index (χ1) is 13.5. The molecule has 0 aromatic heterocycles. The van der Waals surface area contributed by atoms with Crippen molar-refractivity contribution in [2.75, 3.05) is 47.5 Å². The zero-order chi connectivity index (χ0) is 20.1. The maximum absolute atomic E-state index is 14.7. The number of halogens is 1. The number of aliphatic hydroxyl groups excluding tert-OH is 1. The topological polar surface area (TPSA) is 85.3 Å². The lowest BCUT2D eigenvalue weighted by atomic mass is 10.2. The summed E-state index contributed by atoms with van der Waals surface area (Å²) in [4.78, 5) is 14.9. The highest BCUT2D eigenvalue weighted by Gasteiger charge is 2.33. The highest BCUT2D eigenvalue weighted by atomic mass is 32.2. The van der Waals surface area contributed by atoms with Crippen LogP contribution in [-0.4, -0.2) is 65.9 Å². The van der Waals surface area contributed by atoms with Crippen molar-refractivity contribution < 1.29 is 28.3 Å². The lowest BCUT2D eigenvalue weighted by Gasteiger charge is -2.25. The fourth-order valence-electron chi connectivity index (χ4n) is 3.40. The quantitative estimate of drug-likeness (QED) is 0.559. The second-order valence-electron chi connectivity index (χ2n) is 6.99. The Bertz CT molecular complexity index is 680. The van der Waals surface area contributed by atoms with Crippen LogP contribution < -0.4 is 9.80 Å². The smallest absolute Gasteiger partial charge is 0.305 e. The first kappa shape index (κ1) is 21.2. The van der Waals surface area contributed by atoms with Crippen LogP contribution in [-0.2, 0) is 25.4 Å². The fourth-order valence-corrected chi connectivity index (χ4v) is 4.48. The zero-order valence-electron chi connectivity index (χ0n) is 16.0. The van der Waals surface area contributed by atoms with Crippen LogP contribution in [0, 0.1) is 5.82 Å². The first-order valence-electron chi connectivity index (χ1n) is 9.63. The molecule has 2 unspecified atom stereocenters. The Morgan fingerprint density at radius 1 is 1.43 bits per heavy atom. The van der Waals surface area contributed by atoms with Gasteiger partial charge in [-0.1, -0.05) is 18.1 Å². The molecular weight excluding hydrogens is 387 g/mol. The summed E-state index contributed by atoms with van der Waals surface area (Å²) >= 11 is -0.839. The van der Waals surface area contributed by atoms with Gasteiger partial charge in [0.05, 0.1) is 18.8 Å². The van der Waals surface area contributed by atoms with E-state index < -0.39 is 29.5 Å². The second-order valence-corrected chi connectivity index (χ2v) is 8.69. The van der Waals surface area contributed by atoms with Gasteiger partial charge >= 0.3 is 5.97 Å². The molecule has 3 atom stereocenters. The Kier molecular flexibility index (Phi) is 7.39. The molecule has 0 spiro atoms. The van der Waals surface area contributed by atoms with Gasteiger partial charge < -0.3 is 28.9 Å². The van der Waals surface area contributed by atoms with Crippen LogP contribution in [0.4, 0.5) is 15.8 Å². The molecule has 2 aliphatic rings. The number of aliphatic hydroxyl groups is 1. The van der Waals surface area contributed by atoms with Crippen LogP contribution in [0.25, 0.3) is 0 Å². The maximum Gasteiger partial charge on any atom is 0.305 e. The maximum atomic E-state index is 14.7. The Hall–Kier alpha value is -1.55. The lowest BCUT2D eigenvalue weighted by Crippen LogP contribution is -2.31. The van der Waals surface area contributed by atoms with Crippen molar-refractivity contribution in [1.29, 1.82) is 0 Å². The van der Waals surface area contributed by atoms with Gasteiger partial charge in [0.1, 0.15) is 30.0 Å². The third-order valence-corrected chi connectivity index (χ3v) is 6.24. The Morgan fingerprint density at radius 3 is 3.00 bits per heavy atom. The van der Waals surface area contributed by atoms with Crippen molar-refractivity contribution in [2.24, 2.45) is 0 Å². The van der Waals surface area contributed by atoms with E-state index in [0.717, 1.165) is 6.42 Å². The van der Waals surface area contributed by atoms with Gasteiger partial charge in [0, 0.05) is 25.1 Å². The number of nitrogens with zero attached hydrogens (tertiary/aromatic N) is 2. The molecule has 0 saturated carbocycles. The van der Waals surface area contributed by atoms with Crippen molar-refractivity contribution in [3.05, 3.63) is 24.0 Å². The van der Waals surface area contributed by atoms with Crippen molar-refractivity contribution in [2.45, 2.75) is 38.7 Å². The summed E-state index contributed by atoms with van der Waals surface area (Å²) in [6.45, 7) is 3.47. The average molecular weight is 414 g/mol. The van der Waals surface area contributed by atoms with E-state index in [4.69, 9.17) is 9.47 Å². The second kappa shape index (κ2) is 9.78. The van der Waals surface area contributed by atoms with Crippen molar-refractivity contribution in [1.82, 2.24) is 0 Å². The van der Waals surface area contributed by atoms with Crippen LogP contribution in [0.3, 0.4) is 0 Å². The summed E-state index contributed by atoms with van der Waals surface area (Å²) < 4.78 is 37.0. The zero-order valence-corrected chi connectivity index (χ0v) is 16.8. The van der Waals surface area contributed by atoms with Gasteiger partial charge in [0.25, 0.3) is 0 Å². The van der Waals surface area contributed by atoms with Crippen LogP contribution in [0.1, 0.15) is 26.2 Å². The Balaban J connectivity index is 1.62. The molecule has 156 valence electrons. The van der Waals surface area contributed by atoms with Gasteiger partial charge in [-0.05, 0) is 24.6 Å². The molecule has 0 bridgehead atoms. The Morgan fingerprint density at radius 2 is 2.25 bits per heavy atom. The molecule has 9 heteroatoms. The van der Waals surface area contributed by atoms with Crippen LogP contribution in [0.5, 0.6) is 0 Å². The molecule has 0 amide bonds. The van der Waals surface area contributed by atoms with E-state index in [0.29, 0.717) is 55.4 Å². The Labute approximate surface area is 167 Å². The number of esters is 1. The van der Waals surface area contributed by atoms with E-state index in [1.165, 1.54) is 11.0 Å². The molecule has 28 heavy (non-hydrogen) atoms. The van der Waals surface area contributed by atoms with Gasteiger partial charge in [-0.25, -0.2) is 4.39 Å². The molecular formula is C19H27FN2O5S. The standard InChI is InChI=1S/C19H27FN2O5S/c1-2-4-18(23)26-13-15-12-22(19(24)27-15)14-5-6-17(16(20)11-14)21-7-3-9-28(25)10-8-21/h5-6,11,15,19,24H,2-4,7-10,12-13H2,1H3/t15-,19?,28?/m1/s1. The highest BCUT2D eigenvalue weighted by Crippen LogP contribution is 2.29. The lowest BCUT2D eigenvalue weighted by molar-refractivity contribution is -0.152. The molecule has 2 heterocycles. The van der Waals surface area contributed by atoms with Crippen LogP contribution in [0.15, 0.2) is 18.2 Å².